The third-order valence-corrected chi connectivity index (χ3v) is 4.52. The molecule has 140 valence electrons. The Hall–Kier alpha value is -3.35. The molecule has 0 aliphatic heterocycles. The van der Waals surface area contributed by atoms with Gasteiger partial charge in [0.1, 0.15) is 6.61 Å². The van der Waals surface area contributed by atoms with Crippen molar-refractivity contribution in [2.24, 2.45) is 10.8 Å². The van der Waals surface area contributed by atoms with E-state index in [1.54, 1.807) is 0 Å². The molecule has 1 aliphatic carbocycles. The second kappa shape index (κ2) is 8.35. The zero-order valence-electron chi connectivity index (χ0n) is 15.0. The summed E-state index contributed by atoms with van der Waals surface area (Å²) in [4.78, 5) is 22.8. The third kappa shape index (κ3) is 4.25. The first-order chi connectivity index (χ1) is 13.1. The van der Waals surface area contributed by atoms with Crippen molar-refractivity contribution in [3.05, 3.63) is 59.7 Å². The van der Waals surface area contributed by atoms with Crippen molar-refractivity contribution >= 4 is 18.3 Å². The number of ether oxygens (including phenoxy) is 1. The van der Waals surface area contributed by atoms with Gasteiger partial charge >= 0.3 is 12.1 Å². The standard InChI is InChI=1S/C20H22N4O3/c1-2-13(11-22-24-19(21)25)23-20(26)27-12-18-16-9-5-3-7-14(16)15-8-4-6-10-17(15)18/h3-11,13,18H,2,12H2,1H3,(H,23,26)(H3,21,24,25)/b22-11+/t13-/m0/s1. The van der Waals surface area contributed by atoms with E-state index in [9.17, 15) is 9.59 Å². The minimum Gasteiger partial charge on any atom is -0.449 e. The number of hydrogen-bond donors (Lipinski definition) is 3. The van der Waals surface area contributed by atoms with Gasteiger partial charge in [-0.25, -0.2) is 15.0 Å². The van der Waals surface area contributed by atoms with Crippen molar-refractivity contribution < 1.29 is 14.3 Å². The number of nitrogens with one attached hydrogen (secondary N) is 2. The first-order valence-electron chi connectivity index (χ1n) is 8.80. The predicted molar refractivity (Wildman–Crippen MR) is 103 cm³/mol. The number of carbonyl (C=O) groups is 2. The molecule has 3 rings (SSSR count). The summed E-state index contributed by atoms with van der Waals surface area (Å²) in [7, 11) is 0. The summed E-state index contributed by atoms with van der Waals surface area (Å²) in [5.74, 6) is 0.00780. The number of benzene rings is 2. The number of alkyl carbamates (subject to hydrolysis) is 1. The van der Waals surface area contributed by atoms with Gasteiger partial charge in [0.25, 0.3) is 0 Å². The monoisotopic (exact) mass is 366 g/mol. The van der Waals surface area contributed by atoms with Crippen molar-refractivity contribution in [2.45, 2.75) is 25.3 Å². The maximum atomic E-state index is 12.2. The molecule has 4 N–H and O–H groups in total. The lowest BCUT2D eigenvalue weighted by molar-refractivity contribution is 0.141. The summed E-state index contributed by atoms with van der Waals surface area (Å²) in [5, 5.41) is 6.38. The number of primary amides is 1. The molecule has 1 aliphatic rings. The molecular formula is C20H22N4O3. The number of rotatable bonds is 6. The first-order valence-corrected chi connectivity index (χ1v) is 8.80. The molecule has 1 atom stereocenters. The molecular weight excluding hydrogens is 344 g/mol. The van der Waals surface area contributed by atoms with E-state index in [1.807, 2.05) is 31.2 Å². The molecule has 0 aromatic heterocycles. The Morgan fingerprint density at radius 3 is 2.30 bits per heavy atom. The third-order valence-electron chi connectivity index (χ3n) is 4.52. The molecule has 7 nitrogen and oxygen atoms in total. The number of hydrazone groups is 1. The minimum atomic E-state index is -0.762. The van der Waals surface area contributed by atoms with Gasteiger partial charge in [0, 0.05) is 12.1 Å². The van der Waals surface area contributed by atoms with Gasteiger partial charge in [0.05, 0.1) is 6.04 Å². The van der Waals surface area contributed by atoms with Crippen molar-refractivity contribution in [3.63, 3.8) is 0 Å². The van der Waals surface area contributed by atoms with Crippen LogP contribution in [-0.2, 0) is 4.74 Å². The van der Waals surface area contributed by atoms with E-state index in [2.05, 4.69) is 40.1 Å². The van der Waals surface area contributed by atoms with Crippen LogP contribution >= 0.6 is 0 Å². The van der Waals surface area contributed by atoms with Crippen LogP contribution in [0.2, 0.25) is 0 Å². The highest BCUT2D eigenvalue weighted by molar-refractivity contribution is 5.80. The van der Waals surface area contributed by atoms with Crippen molar-refractivity contribution in [2.75, 3.05) is 6.61 Å². The summed E-state index contributed by atoms with van der Waals surface area (Å²) in [6.07, 6.45) is 1.47. The molecule has 2 aromatic carbocycles. The van der Waals surface area contributed by atoms with Gasteiger partial charge in [0.2, 0.25) is 0 Å². The number of nitrogens with two attached hydrogens (primary N) is 1. The van der Waals surface area contributed by atoms with E-state index in [4.69, 9.17) is 10.5 Å². The van der Waals surface area contributed by atoms with E-state index in [0.717, 1.165) is 11.1 Å². The zero-order chi connectivity index (χ0) is 19.2. The Balaban J connectivity index is 1.64. The fraction of sp³-hybridized carbons (Fsp3) is 0.250. The normalized spacial score (nSPS) is 13.7. The van der Waals surface area contributed by atoms with Gasteiger partial charge in [-0.2, -0.15) is 5.10 Å². The lowest BCUT2D eigenvalue weighted by Crippen LogP contribution is -2.37. The summed E-state index contributed by atoms with van der Waals surface area (Å²) < 4.78 is 5.48. The van der Waals surface area contributed by atoms with E-state index >= 15 is 0 Å². The number of amides is 3. The van der Waals surface area contributed by atoms with Crippen molar-refractivity contribution in [1.29, 1.82) is 0 Å². The van der Waals surface area contributed by atoms with Crippen LogP contribution in [0.5, 0.6) is 0 Å². The van der Waals surface area contributed by atoms with Gasteiger partial charge in [-0.05, 0) is 28.7 Å². The number of carbonyl (C=O) groups excluding carboxylic acids is 2. The Morgan fingerprint density at radius 1 is 1.15 bits per heavy atom. The van der Waals surface area contributed by atoms with Gasteiger partial charge in [-0.15, -0.1) is 0 Å². The largest absolute Gasteiger partial charge is 0.449 e. The highest BCUT2D eigenvalue weighted by atomic mass is 16.5. The van der Waals surface area contributed by atoms with Gasteiger partial charge in [0.15, 0.2) is 0 Å². The summed E-state index contributed by atoms with van der Waals surface area (Å²) in [5.41, 5.74) is 11.7. The zero-order valence-corrected chi connectivity index (χ0v) is 15.0. The van der Waals surface area contributed by atoms with Gasteiger partial charge in [-0.3, -0.25) is 0 Å². The second-order valence-electron chi connectivity index (χ2n) is 6.24. The number of nitrogens with zero attached hydrogens (tertiary/aromatic N) is 1. The van der Waals surface area contributed by atoms with Crippen molar-refractivity contribution in [1.82, 2.24) is 10.7 Å². The lowest BCUT2D eigenvalue weighted by Gasteiger charge is -2.16. The van der Waals surface area contributed by atoms with E-state index < -0.39 is 12.1 Å². The van der Waals surface area contributed by atoms with Crippen LogP contribution in [0.1, 0.15) is 30.4 Å². The van der Waals surface area contributed by atoms with Crippen LogP contribution in [0.25, 0.3) is 11.1 Å². The molecule has 0 saturated carbocycles. The topological polar surface area (TPSA) is 106 Å². The molecule has 0 heterocycles. The average Bonchev–Trinajstić information content (AvgIpc) is 2.99. The van der Waals surface area contributed by atoms with E-state index in [0.29, 0.717) is 6.42 Å². The predicted octanol–water partition coefficient (Wildman–Crippen LogP) is 2.96. The van der Waals surface area contributed by atoms with Crippen LogP contribution in [0.4, 0.5) is 9.59 Å². The molecule has 2 aromatic rings. The molecule has 0 radical (unpaired) electrons. The van der Waals surface area contributed by atoms with E-state index in [1.165, 1.54) is 17.3 Å². The molecule has 0 spiro atoms. The van der Waals surface area contributed by atoms with Crippen LogP contribution in [0.3, 0.4) is 0 Å². The molecule has 3 amide bonds. The highest BCUT2D eigenvalue weighted by Gasteiger charge is 2.29. The van der Waals surface area contributed by atoms with Gasteiger partial charge < -0.3 is 15.8 Å². The number of hydrogen-bond acceptors (Lipinski definition) is 4. The molecule has 0 fully saturated rings. The summed E-state index contributed by atoms with van der Waals surface area (Å²) >= 11 is 0. The smallest absolute Gasteiger partial charge is 0.407 e. The quantitative estimate of drug-likeness (QED) is 0.540. The SMILES string of the molecule is CC[C@@H](/C=N/NC(N)=O)NC(=O)OCC1c2ccccc2-c2ccccc21. The average molecular weight is 366 g/mol. The molecule has 7 heteroatoms. The molecule has 0 bridgehead atoms. The Kier molecular flexibility index (Phi) is 5.71. The van der Waals surface area contributed by atoms with Crippen LogP contribution in [-0.4, -0.2) is 31.0 Å². The number of fused-ring (bicyclic) bond motifs is 3. The van der Waals surface area contributed by atoms with Crippen LogP contribution in [0.15, 0.2) is 53.6 Å². The maximum absolute atomic E-state index is 12.2. The fourth-order valence-corrected chi connectivity index (χ4v) is 3.23. The van der Waals surface area contributed by atoms with Crippen molar-refractivity contribution in [3.8, 4) is 11.1 Å². The maximum Gasteiger partial charge on any atom is 0.407 e. The summed E-state index contributed by atoms with van der Waals surface area (Å²) in [6, 6.07) is 15.2. The van der Waals surface area contributed by atoms with Crippen LogP contribution in [0, 0.1) is 0 Å². The van der Waals surface area contributed by atoms with E-state index in [-0.39, 0.29) is 18.6 Å². The minimum absolute atomic E-state index is 0.00780. The molecule has 0 saturated heterocycles. The Labute approximate surface area is 157 Å². The Bertz CT molecular complexity index is 820. The lowest BCUT2D eigenvalue weighted by atomic mass is 9.98. The van der Waals surface area contributed by atoms with Crippen LogP contribution < -0.4 is 16.5 Å². The fourth-order valence-electron chi connectivity index (χ4n) is 3.23. The summed E-state index contributed by atoms with van der Waals surface area (Å²) in [6.45, 7) is 2.12. The highest BCUT2D eigenvalue weighted by Crippen LogP contribution is 2.44. The molecule has 27 heavy (non-hydrogen) atoms. The van der Waals surface area contributed by atoms with Gasteiger partial charge in [-0.1, -0.05) is 55.5 Å². The molecule has 0 unspecified atom stereocenters. The second-order valence-corrected chi connectivity index (χ2v) is 6.24. The Morgan fingerprint density at radius 2 is 1.74 bits per heavy atom. The number of urea groups is 1. The first kappa shape index (κ1) is 18.4.